The number of rotatable bonds is 83. The van der Waals surface area contributed by atoms with Gasteiger partial charge in [-0.15, -0.1) is 0 Å². The fraction of sp³-hybridized carbons (Fsp3) is 0.915. The van der Waals surface area contributed by atoms with E-state index in [0.717, 1.165) is 141 Å². The molecule has 0 bridgehead atoms. The monoisotopic (exact) mass is 1570 g/mol. The van der Waals surface area contributed by atoms with Crippen LogP contribution in [0.2, 0.25) is 0 Å². The number of Topliss-reactive ketones (excluding diaryl/α,β-unsaturated/α-hetero) is 2. The maximum absolute atomic E-state index is 13.3. The van der Waals surface area contributed by atoms with Crippen LogP contribution in [0.4, 0.5) is 4.79 Å². The Morgan fingerprint density at radius 3 is 0.860 bits per heavy atom. The Morgan fingerprint density at radius 1 is 0.308 bits per heavy atom. The third kappa shape index (κ3) is 72.6. The molecule has 0 aromatic rings. The van der Waals surface area contributed by atoms with E-state index in [9.17, 15) is 52.5 Å². The van der Waals surface area contributed by atoms with Gasteiger partial charge in [-0.25, -0.2) is 13.9 Å². The number of amides is 4. The van der Waals surface area contributed by atoms with Crippen molar-refractivity contribution in [3.05, 3.63) is 0 Å². The predicted octanol–water partition coefficient (Wildman–Crippen LogP) is 20.1. The van der Waals surface area contributed by atoms with Crippen LogP contribution in [0.5, 0.6) is 0 Å². The highest BCUT2D eigenvalue weighted by atomic mass is 31.2. The molecular formula is C82H158N4O19P2. The summed E-state index contributed by atoms with van der Waals surface area (Å²) in [4.78, 5) is 113. The van der Waals surface area contributed by atoms with Crippen molar-refractivity contribution >= 4 is 57.0 Å². The molecule has 25 heteroatoms. The van der Waals surface area contributed by atoms with Gasteiger partial charge in [-0.1, -0.05) is 292 Å². The first-order valence-electron chi connectivity index (χ1n) is 43.2. The van der Waals surface area contributed by atoms with E-state index < -0.39 is 72.0 Å². The van der Waals surface area contributed by atoms with Gasteiger partial charge in [-0.2, -0.15) is 0 Å². The van der Waals surface area contributed by atoms with E-state index in [1.165, 1.54) is 135 Å². The number of phosphoric ester groups is 2. The molecule has 0 spiro atoms. The van der Waals surface area contributed by atoms with Gasteiger partial charge in [0.15, 0.2) is 0 Å². The van der Waals surface area contributed by atoms with Gasteiger partial charge in [-0.05, 0) is 51.4 Å². The molecule has 6 N–H and O–H groups in total. The number of nitrogens with one attached hydrogen (secondary N) is 4. The van der Waals surface area contributed by atoms with Gasteiger partial charge in [0.1, 0.15) is 23.8 Å². The lowest BCUT2D eigenvalue weighted by atomic mass is 10.0. The molecule has 107 heavy (non-hydrogen) atoms. The van der Waals surface area contributed by atoms with Crippen LogP contribution in [0, 0.1) is 0 Å². The summed E-state index contributed by atoms with van der Waals surface area (Å²) >= 11 is 0. The van der Waals surface area contributed by atoms with Gasteiger partial charge in [0.2, 0.25) is 11.8 Å². The summed E-state index contributed by atoms with van der Waals surface area (Å²) in [5.74, 6) is -2.10. The highest BCUT2D eigenvalue weighted by Crippen LogP contribution is 2.44. The number of phosphoric acid groups is 2. The number of ketones is 2. The number of carbonyl (C=O) groups excluding carboxylic acids is 7. The molecule has 4 amide bonds. The zero-order valence-corrected chi connectivity index (χ0v) is 70.3. The van der Waals surface area contributed by atoms with Crippen molar-refractivity contribution in [3.8, 4) is 0 Å². The minimum absolute atomic E-state index is 0.152. The minimum Gasteiger partial charge on any atom is -0.462 e. The van der Waals surface area contributed by atoms with Crippen LogP contribution in [-0.2, 0) is 74.9 Å². The summed E-state index contributed by atoms with van der Waals surface area (Å²) in [6.45, 7) is 10.5. The largest absolute Gasteiger partial charge is 0.472 e. The molecular weight excluding hydrogens is 1410 g/mol. The Bertz CT molecular complexity index is 2250. The fourth-order valence-corrected chi connectivity index (χ4v) is 14.1. The fourth-order valence-electron chi connectivity index (χ4n) is 12.6. The van der Waals surface area contributed by atoms with E-state index in [4.69, 9.17) is 37.0 Å². The highest BCUT2D eigenvalue weighted by molar-refractivity contribution is 7.47. The average molecular weight is 1570 g/mol. The summed E-state index contributed by atoms with van der Waals surface area (Å²) in [5.41, 5.74) is 0. The van der Waals surface area contributed by atoms with E-state index in [1.807, 2.05) is 0 Å². The molecule has 0 fully saturated rings. The molecule has 0 aromatic heterocycles. The lowest BCUT2D eigenvalue weighted by molar-refractivity contribution is -0.151. The number of hydrogen-bond donors (Lipinski definition) is 6. The van der Waals surface area contributed by atoms with E-state index in [-0.39, 0.29) is 101 Å². The lowest BCUT2D eigenvalue weighted by Crippen LogP contribution is -2.42. The summed E-state index contributed by atoms with van der Waals surface area (Å²) in [6, 6.07) is -2.73. The first-order valence-corrected chi connectivity index (χ1v) is 46.2. The summed E-state index contributed by atoms with van der Waals surface area (Å²) in [5, 5.41) is 10.3. The molecule has 0 rings (SSSR count). The summed E-state index contributed by atoms with van der Waals surface area (Å²) < 4.78 is 71.2. The Kier molecular flexibility index (Phi) is 73.0. The standard InChI is InChI=1S/C82H158N4O19P2/c1-7-13-19-25-29-33-36-42-46-52-74(87)66-78(89)85-72(68-98-62-58-76(54-48-40-23-17-11-5)104-80(91)56-50-44-38-32-28-22-16-10-4)70-102-106(94,95)100-64-60-83-82(93)84-61-65-101-107(96,97)103-71-73(86-79(90)67-75(88)53-47-43-37-34-30-26-20-14-8-2)69-99-63-59-77(55-49-41-24-18-12-6)105-81(92)57-51-45-39-35-31-27-21-15-9-3/h72-73,76-77H,7-71H2,1-6H3,(H,85,89)(H,86,90)(H,94,95)(H,96,97)(H2,83,84,93). The minimum atomic E-state index is -4.80. The maximum Gasteiger partial charge on any atom is 0.472 e. The molecule has 0 heterocycles. The van der Waals surface area contributed by atoms with Crippen LogP contribution in [0.15, 0.2) is 0 Å². The number of unbranched alkanes of at least 4 members (excludes halogenated alkanes) is 39. The molecule has 0 aliphatic carbocycles. The predicted molar refractivity (Wildman–Crippen MR) is 428 cm³/mol. The zero-order chi connectivity index (χ0) is 78.8. The second-order valence-electron chi connectivity index (χ2n) is 29.7. The quantitative estimate of drug-likeness (QED) is 0.0143. The molecule has 0 aliphatic heterocycles. The third-order valence-electron chi connectivity index (χ3n) is 19.1. The first kappa shape index (κ1) is 104. The number of carbonyl (C=O) groups is 7. The lowest BCUT2D eigenvalue weighted by Gasteiger charge is -2.22. The van der Waals surface area contributed by atoms with Crippen molar-refractivity contribution in [1.82, 2.24) is 21.3 Å². The van der Waals surface area contributed by atoms with Crippen molar-refractivity contribution in [2.45, 2.75) is 419 Å². The Hall–Kier alpha value is -3.37. The second kappa shape index (κ2) is 75.3. The van der Waals surface area contributed by atoms with Crippen molar-refractivity contribution in [2.24, 2.45) is 0 Å². The molecule has 0 saturated carbocycles. The van der Waals surface area contributed by atoms with E-state index in [1.54, 1.807) is 0 Å². The number of ether oxygens (including phenoxy) is 4. The van der Waals surface area contributed by atoms with Crippen molar-refractivity contribution in [3.63, 3.8) is 0 Å². The van der Waals surface area contributed by atoms with Gasteiger partial charge in [-0.3, -0.25) is 46.9 Å². The molecule has 6 unspecified atom stereocenters. The molecule has 0 saturated heterocycles. The molecule has 630 valence electrons. The van der Waals surface area contributed by atoms with Crippen LogP contribution in [0.3, 0.4) is 0 Å². The van der Waals surface area contributed by atoms with Crippen LogP contribution in [0.1, 0.15) is 395 Å². The van der Waals surface area contributed by atoms with E-state index >= 15 is 0 Å². The van der Waals surface area contributed by atoms with Gasteiger partial charge in [0, 0.05) is 51.6 Å². The Balaban J connectivity index is 5.68. The van der Waals surface area contributed by atoms with Crippen LogP contribution >= 0.6 is 15.6 Å². The Morgan fingerprint density at radius 2 is 0.570 bits per heavy atom. The normalized spacial score (nSPS) is 13.8. The van der Waals surface area contributed by atoms with Gasteiger partial charge < -0.3 is 50.0 Å². The van der Waals surface area contributed by atoms with Gasteiger partial charge in [0.25, 0.3) is 0 Å². The van der Waals surface area contributed by atoms with Crippen LogP contribution in [-0.4, -0.2) is 141 Å². The Labute approximate surface area is 649 Å². The molecule has 0 radical (unpaired) electrons. The first-order chi connectivity index (χ1) is 51.8. The number of hydrogen-bond acceptors (Lipinski definition) is 17. The van der Waals surface area contributed by atoms with Gasteiger partial charge >= 0.3 is 33.6 Å². The SMILES string of the molecule is CCCCCCCCCCCC(=O)CC(=O)NC(COCCC(CCCCCCC)OC(=O)CCCCCCCCCC)COP(=O)(O)OCCNC(=O)NCCOP(=O)(O)OCC(COCCC(CCCCCCC)OC(=O)CCCCCCCCCCC)NC(=O)CC(=O)CCCCCCCCCCC. The van der Waals surface area contributed by atoms with Crippen LogP contribution in [0.25, 0.3) is 0 Å². The molecule has 6 atom stereocenters. The highest BCUT2D eigenvalue weighted by Gasteiger charge is 2.28. The van der Waals surface area contributed by atoms with Crippen molar-refractivity contribution < 1.29 is 89.5 Å². The maximum atomic E-state index is 13.3. The molecule has 23 nitrogen and oxygen atoms in total. The summed E-state index contributed by atoms with van der Waals surface area (Å²) in [7, 11) is -9.60. The number of esters is 2. The van der Waals surface area contributed by atoms with E-state index in [0.29, 0.717) is 51.4 Å². The smallest absolute Gasteiger partial charge is 0.462 e. The van der Waals surface area contributed by atoms with E-state index in [2.05, 4.69) is 62.8 Å². The van der Waals surface area contributed by atoms with Crippen molar-refractivity contribution in [1.29, 1.82) is 0 Å². The second-order valence-corrected chi connectivity index (χ2v) is 32.6. The summed E-state index contributed by atoms with van der Waals surface area (Å²) in [6.07, 6.45) is 51.0. The third-order valence-corrected chi connectivity index (χ3v) is 21.1. The molecule has 0 aromatic carbocycles. The number of urea groups is 1. The molecule has 0 aliphatic rings. The zero-order valence-electron chi connectivity index (χ0n) is 68.5. The van der Waals surface area contributed by atoms with Gasteiger partial charge in [0.05, 0.1) is 77.8 Å². The van der Waals surface area contributed by atoms with Crippen LogP contribution < -0.4 is 21.3 Å². The topological polar surface area (TPSA) is 316 Å². The average Bonchev–Trinajstić information content (AvgIpc) is 0.937. The van der Waals surface area contributed by atoms with Crippen molar-refractivity contribution in [2.75, 3.05) is 65.9 Å².